The molecule has 2 rings (SSSR count). The molecule has 0 bridgehead atoms. The lowest BCUT2D eigenvalue weighted by Crippen LogP contribution is -2.17. The maximum atomic E-state index is 12.4. The predicted octanol–water partition coefficient (Wildman–Crippen LogP) is 4.29. The summed E-state index contributed by atoms with van der Waals surface area (Å²) in [6.45, 7) is 3.62. The number of halogens is 3. The lowest BCUT2D eigenvalue weighted by atomic mass is 10.0. The molecule has 0 aliphatic carbocycles. The molecule has 0 radical (unpaired) electrons. The number of pyridine rings is 1. The molecule has 2 nitrogen and oxygen atoms in total. The van der Waals surface area contributed by atoms with Crippen LogP contribution in [-0.4, -0.2) is 11.3 Å². The average Bonchev–Trinajstić information content (AvgIpc) is 2.37. The monoisotopic (exact) mass is 265 g/mol. The number of hydrogen-bond donors (Lipinski definition) is 0. The quantitative estimate of drug-likeness (QED) is 0.825. The fourth-order valence-electron chi connectivity index (χ4n) is 1.72. The number of aromatic nitrogens is 1. The minimum absolute atomic E-state index is 0.246. The molecule has 0 unspecified atom stereocenters. The molecule has 0 atom stereocenters. The largest absolute Gasteiger partial charge is 0.573 e. The van der Waals surface area contributed by atoms with E-state index in [4.69, 9.17) is 0 Å². The van der Waals surface area contributed by atoms with Crippen molar-refractivity contribution in [2.45, 2.75) is 6.36 Å². The van der Waals surface area contributed by atoms with Gasteiger partial charge in [0.05, 0.1) is 0 Å². The topological polar surface area (TPSA) is 22.1 Å². The Morgan fingerprint density at radius 1 is 1.11 bits per heavy atom. The molecule has 0 spiro atoms. The number of hydrogen-bond acceptors (Lipinski definition) is 2. The zero-order valence-electron chi connectivity index (χ0n) is 9.82. The summed E-state index contributed by atoms with van der Waals surface area (Å²) in [6, 6.07) is 7.58. The van der Waals surface area contributed by atoms with E-state index in [2.05, 4.69) is 16.3 Å². The first-order valence-corrected chi connectivity index (χ1v) is 5.43. The molecule has 19 heavy (non-hydrogen) atoms. The van der Waals surface area contributed by atoms with E-state index in [0.29, 0.717) is 16.7 Å². The molecular formula is C14H10F3NO. The summed E-state index contributed by atoms with van der Waals surface area (Å²) >= 11 is 0. The third kappa shape index (κ3) is 3.13. The second-order valence-electron chi connectivity index (χ2n) is 3.71. The van der Waals surface area contributed by atoms with Crippen LogP contribution in [0.3, 0.4) is 0 Å². The summed E-state index contributed by atoms with van der Waals surface area (Å²) in [7, 11) is 0. The van der Waals surface area contributed by atoms with Gasteiger partial charge >= 0.3 is 6.36 Å². The van der Waals surface area contributed by atoms with Crippen LogP contribution in [0.2, 0.25) is 0 Å². The summed E-state index contributed by atoms with van der Waals surface area (Å²) in [5.41, 5.74) is 1.57. The van der Waals surface area contributed by atoms with Crippen molar-refractivity contribution in [2.75, 3.05) is 0 Å². The lowest BCUT2D eigenvalue weighted by Gasteiger charge is -2.14. The normalized spacial score (nSPS) is 11.1. The minimum Gasteiger partial charge on any atom is -0.405 e. The highest BCUT2D eigenvalue weighted by atomic mass is 19.4. The van der Waals surface area contributed by atoms with Crippen LogP contribution in [0.4, 0.5) is 13.2 Å². The van der Waals surface area contributed by atoms with Gasteiger partial charge in [0.1, 0.15) is 5.75 Å². The van der Waals surface area contributed by atoms with Crippen LogP contribution in [-0.2, 0) is 0 Å². The first-order valence-electron chi connectivity index (χ1n) is 5.43. The maximum absolute atomic E-state index is 12.4. The van der Waals surface area contributed by atoms with Gasteiger partial charge in [-0.15, -0.1) is 13.2 Å². The fraction of sp³-hybridized carbons (Fsp3) is 0.0714. The van der Waals surface area contributed by atoms with Crippen LogP contribution in [0.1, 0.15) is 5.56 Å². The molecule has 0 N–H and O–H groups in total. The standard InChI is InChI=1S/C14H10F3NO/c1-2-10-9-18-8-7-11(10)12-5-3-4-6-13(12)19-14(15,16)17/h2-9H,1H2. The number of nitrogens with zero attached hydrogens (tertiary/aromatic N) is 1. The molecule has 0 aliphatic rings. The number of para-hydroxylation sites is 1. The van der Waals surface area contributed by atoms with E-state index in [1.54, 1.807) is 18.2 Å². The number of benzene rings is 1. The number of alkyl halides is 3. The summed E-state index contributed by atoms with van der Waals surface area (Å²) in [6.07, 6.45) is -0.149. The van der Waals surface area contributed by atoms with Gasteiger partial charge in [0.25, 0.3) is 0 Å². The van der Waals surface area contributed by atoms with E-state index >= 15 is 0 Å². The minimum atomic E-state index is -4.72. The molecule has 0 saturated carbocycles. The zero-order chi connectivity index (χ0) is 13.9. The van der Waals surface area contributed by atoms with Crippen LogP contribution < -0.4 is 4.74 Å². The smallest absolute Gasteiger partial charge is 0.405 e. The van der Waals surface area contributed by atoms with Crippen molar-refractivity contribution in [3.63, 3.8) is 0 Å². The van der Waals surface area contributed by atoms with Gasteiger partial charge in [0.2, 0.25) is 0 Å². The highest BCUT2D eigenvalue weighted by molar-refractivity contribution is 5.78. The Balaban J connectivity index is 2.53. The molecule has 0 amide bonds. The van der Waals surface area contributed by atoms with Gasteiger partial charge < -0.3 is 4.74 Å². The van der Waals surface area contributed by atoms with Crippen molar-refractivity contribution in [2.24, 2.45) is 0 Å². The second kappa shape index (κ2) is 5.14. The third-order valence-electron chi connectivity index (χ3n) is 2.47. The Kier molecular flexibility index (Phi) is 3.55. The molecule has 98 valence electrons. The Bertz CT molecular complexity index is 593. The summed E-state index contributed by atoms with van der Waals surface area (Å²) in [5, 5.41) is 0. The zero-order valence-corrected chi connectivity index (χ0v) is 9.82. The molecule has 1 aromatic heterocycles. The van der Waals surface area contributed by atoms with Crippen LogP contribution in [0.25, 0.3) is 17.2 Å². The second-order valence-corrected chi connectivity index (χ2v) is 3.71. The highest BCUT2D eigenvalue weighted by Crippen LogP contribution is 2.35. The maximum Gasteiger partial charge on any atom is 0.573 e. The molecule has 0 fully saturated rings. The predicted molar refractivity (Wildman–Crippen MR) is 66.4 cm³/mol. The van der Waals surface area contributed by atoms with E-state index in [-0.39, 0.29) is 5.75 Å². The van der Waals surface area contributed by atoms with E-state index in [9.17, 15) is 13.2 Å². The van der Waals surface area contributed by atoms with E-state index in [1.807, 2.05) is 0 Å². The molecule has 0 aliphatic heterocycles. The van der Waals surface area contributed by atoms with Gasteiger partial charge in [0.15, 0.2) is 0 Å². The van der Waals surface area contributed by atoms with Gasteiger partial charge in [-0.25, -0.2) is 0 Å². The molecule has 0 saturated heterocycles. The van der Waals surface area contributed by atoms with Gasteiger partial charge in [0, 0.05) is 23.5 Å². The first-order chi connectivity index (χ1) is 9.01. The molecule has 1 heterocycles. The Morgan fingerprint density at radius 2 is 1.84 bits per heavy atom. The third-order valence-corrected chi connectivity index (χ3v) is 2.47. The Labute approximate surface area is 108 Å². The van der Waals surface area contributed by atoms with Gasteiger partial charge in [-0.05, 0) is 17.7 Å². The summed E-state index contributed by atoms with van der Waals surface area (Å²) in [5.74, 6) is -0.246. The Hall–Kier alpha value is -2.30. The first kappa shape index (κ1) is 13.1. The van der Waals surface area contributed by atoms with E-state index in [0.717, 1.165) is 0 Å². The van der Waals surface area contributed by atoms with Crippen molar-refractivity contribution < 1.29 is 17.9 Å². The van der Waals surface area contributed by atoms with Crippen molar-refractivity contribution in [3.8, 4) is 16.9 Å². The van der Waals surface area contributed by atoms with Crippen LogP contribution in [0, 0.1) is 0 Å². The van der Waals surface area contributed by atoms with E-state index < -0.39 is 6.36 Å². The number of rotatable bonds is 3. The van der Waals surface area contributed by atoms with Crippen molar-refractivity contribution >= 4 is 6.08 Å². The van der Waals surface area contributed by atoms with Crippen LogP contribution >= 0.6 is 0 Å². The molecular weight excluding hydrogens is 255 g/mol. The molecule has 2 aromatic rings. The summed E-state index contributed by atoms with van der Waals surface area (Å²) in [4.78, 5) is 3.91. The van der Waals surface area contributed by atoms with Crippen LogP contribution in [0.5, 0.6) is 5.75 Å². The van der Waals surface area contributed by atoms with Crippen molar-refractivity contribution in [3.05, 3.63) is 54.9 Å². The van der Waals surface area contributed by atoms with Gasteiger partial charge in [-0.3, -0.25) is 4.98 Å². The highest BCUT2D eigenvalue weighted by Gasteiger charge is 2.32. The summed E-state index contributed by atoms with van der Waals surface area (Å²) < 4.78 is 41.1. The SMILES string of the molecule is C=Cc1cnccc1-c1ccccc1OC(F)(F)F. The van der Waals surface area contributed by atoms with Crippen LogP contribution in [0.15, 0.2) is 49.3 Å². The van der Waals surface area contributed by atoms with Gasteiger partial charge in [-0.1, -0.05) is 30.9 Å². The lowest BCUT2D eigenvalue weighted by molar-refractivity contribution is -0.274. The van der Waals surface area contributed by atoms with E-state index in [1.165, 1.54) is 30.6 Å². The van der Waals surface area contributed by atoms with Crippen molar-refractivity contribution in [1.82, 2.24) is 4.98 Å². The average molecular weight is 265 g/mol. The van der Waals surface area contributed by atoms with Crippen molar-refractivity contribution in [1.29, 1.82) is 0 Å². The number of ether oxygens (including phenoxy) is 1. The fourth-order valence-corrected chi connectivity index (χ4v) is 1.72. The molecule has 5 heteroatoms. The molecule has 1 aromatic carbocycles. The Morgan fingerprint density at radius 3 is 2.53 bits per heavy atom. The van der Waals surface area contributed by atoms with Gasteiger partial charge in [-0.2, -0.15) is 0 Å².